The predicted molar refractivity (Wildman–Crippen MR) is 122 cm³/mol. The van der Waals surface area contributed by atoms with Gasteiger partial charge in [0.25, 0.3) is 0 Å². The molecule has 8 heteroatoms. The molecule has 0 spiro atoms. The van der Waals surface area contributed by atoms with Gasteiger partial charge in [-0.1, -0.05) is 18.2 Å². The average molecular weight is 441 g/mol. The molecule has 162 valence electrons. The SMILES string of the molecule is COc1ccc2cc(/C=C/C(=O)Nc3cc(S(=O)(=O)N(C)C)ccc3OC)ccc2c1. The first kappa shape index (κ1) is 22.3. The van der Waals surface area contributed by atoms with E-state index in [1.165, 1.54) is 45.5 Å². The van der Waals surface area contributed by atoms with Crippen LogP contribution in [-0.4, -0.2) is 46.9 Å². The van der Waals surface area contributed by atoms with Gasteiger partial charge in [-0.05, 0) is 58.8 Å². The Morgan fingerprint density at radius 2 is 1.65 bits per heavy atom. The van der Waals surface area contributed by atoms with Crippen molar-refractivity contribution in [2.45, 2.75) is 4.90 Å². The number of ether oxygens (including phenoxy) is 2. The first-order valence-corrected chi connectivity index (χ1v) is 10.9. The van der Waals surface area contributed by atoms with Gasteiger partial charge in [0.2, 0.25) is 15.9 Å². The van der Waals surface area contributed by atoms with E-state index in [1.54, 1.807) is 13.2 Å². The van der Waals surface area contributed by atoms with E-state index in [2.05, 4.69) is 5.32 Å². The van der Waals surface area contributed by atoms with Crippen molar-refractivity contribution < 1.29 is 22.7 Å². The van der Waals surface area contributed by atoms with Gasteiger partial charge in [-0.3, -0.25) is 4.79 Å². The molecule has 1 N–H and O–H groups in total. The molecule has 0 bridgehead atoms. The smallest absolute Gasteiger partial charge is 0.248 e. The molecule has 0 aliphatic carbocycles. The van der Waals surface area contributed by atoms with Gasteiger partial charge in [0.05, 0.1) is 24.8 Å². The number of fused-ring (bicyclic) bond motifs is 1. The van der Waals surface area contributed by atoms with Crippen LogP contribution in [0, 0.1) is 0 Å². The van der Waals surface area contributed by atoms with Crippen LogP contribution in [0.15, 0.2) is 65.6 Å². The number of anilines is 1. The molecule has 0 saturated carbocycles. The van der Waals surface area contributed by atoms with Crippen LogP contribution in [0.2, 0.25) is 0 Å². The maximum atomic E-state index is 12.5. The maximum Gasteiger partial charge on any atom is 0.248 e. The lowest BCUT2D eigenvalue weighted by Crippen LogP contribution is -2.22. The van der Waals surface area contributed by atoms with Crippen LogP contribution in [0.4, 0.5) is 5.69 Å². The average Bonchev–Trinajstić information content (AvgIpc) is 2.77. The number of nitrogens with one attached hydrogen (secondary N) is 1. The Morgan fingerprint density at radius 1 is 0.935 bits per heavy atom. The summed E-state index contributed by atoms with van der Waals surface area (Å²) in [6, 6.07) is 15.9. The molecule has 0 heterocycles. The monoisotopic (exact) mass is 440 g/mol. The largest absolute Gasteiger partial charge is 0.497 e. The Kier molecular flexibility index (Phi) is 6.62. The molecule has 3 aromatic rings. The highest BCUT2D eigenvalue weighted by Gasteiger charge is 2.19. The van der Waals surface area contributed by atoms with Crippen molar-refractivity contribution in [3.8, 4) is 11.5 Å². The minimum absolute atomic E-state index is 0.0579. The van der Waals surface area contributed by atoms with Gasteiger partial charge in [-0.15, -0.1) is 0 Å². The Labute approximate surface area is 181 Å². The zero-order valence-electron chi connectivity index (χ0n) is 17.7. The van der Waals surface area contributed by atoms with Gasteiger partial charge in [0.15, 0.2) is 0 Å². The number of carbonyl (C=O) groups is 1. The number of methoxy groups -OCH3 is 2. The molecule has 0 radical (unpaired) electrons. The Balaban J connectivity index is 1.81. The third kappa shape index (κ3) is 5.04. The summed E-state index contributed by atoms with van der Waals surface area (Å²) in [5.74, 6) is 0.731. The van der Waals surface area contributed by atoms with Crippen molar-refractivity contribution in [3.63, 3.8) is 0 Å². The standard InChI is InChI=1S/C23H24N2O5S/c1-25(2)31(27,28)20-10-11-22(30-4)21(15-20)24-23(26)12-6-16-5-7-18-14-19(29-3)9-8-17(18)13-16/h5-15H,1-4H3,(H,24,26)/b12-6+. The summed E-state index contributed by atoms with van der Waals surface area (Å²) in [6.07, 6.45) is 3.07. The molecule has 0 aliphatic rings. The Hall–Kier alpha value is -3.36. The van der Waals surface area contributed by atoms with E-state index < -0.39 is 15.9 Å². The molecule has 0 aliphatic heterocycles. The van der Waals surface area contributed by atoms with Crippen molar-refractivity contribution in [1.82, 2.24) is 4.31 Å². The van der Waals surface area contributed by atoms with E-state index in [0.717, 1.165) is 26.4 Å². The van der Waals surface area contributed by atoms with Crippen molar-refractivity contribution in [3.05, 3.63) is 66.2 Å². The van der Waals surface area contributed by atoms with E-state index in [9.17, 15) is 13.2 Å². The van der Waals surface area contributed by atoms with Crippen LogP contribution in [0.25, 0.3) is 16.8 Å². The van der Waals surface area contributed by atoms with Crippen molar-refractivity contribution >= 4 is 38.5 Å². The Morgan fingerprint density at radius 3 is 2.32 bits per heavy atom. The van der Waals surface area contributed by atoms with Gasteiger partial charge < -0.3 is 14.8 Å². The minimum atomic E-state index is -3.64. The van der Waals surface area contributed by atoms with Crippen molar-refractivity contribution in [2.75, 3.05) is 33.6 Å². The highest BCUT2D eigenvalue weighted by Crippen LogP contribution is 2.28. The lowest BCUT2D eigenvalue weighted by atomic mass is 10.1. The predicted octanol–water partition coefficient (Wildman–Crippen LogP) is 3.76. The molecule has 31 heavy (non-hydrogen) atoms. The first-order valence-electron chi connectivity index (χ1n) is 9.42. The van der Waals surface area contributed by atoms with E-state index in [4.69, 9.17) is 9.47 Å². The van der Waals surface area contributed by atoms with Crippen molar-refractivity contribution in [2.24, 2.45) is 0 Å². The van der Waals surface area contributed by atoms with Gasteiger partial charge in [0, 0.05) is 20.2 Å². The quantitative estimate of drug-likeness (QED) is 0.566. The summed E-state index contributed by atoms with van der Waals surface area (Å²) < 4.78 is 36.3. The molecule has 0 fully saturated rings. The van der Waals surface area contributed by atoms with Gasteiger partial charge >= 0.3 is 0 Å². The second kappa shape index (κ2) is 9.20. The summed E-state index contributed by atoms with van der Waals surface area (Å²) in [7, 11) is 2.32. The summed E-state index contributed by atoms with van der Waals surface area (Å²) in [5.41, 5.74) is 1.12. The summed E-state index contributed by atoms with van der Waals surface area (Å²) in [4.78, 5) is 12.5. The molecular weight excluding hydrogens is 416 g/mol. The van der Waals surface area contributed by atoms with E-state index in [-0.39, 0.29) is 10.6 Å². The number of carbonyl (C=O) groups excluding carboxylic acids is 1. The molecule has 1 amide bonds. The second-order valence-electron chi connectivity index (χ2n) is 6.94. The molecular formula is C23H24N2O5S. The fourth-order valence-electron chi connectivity index (χ4n) is 2.98. The van der Waals surface area contributed by atoms with Crippen LogP contribution in [0.3, 0.4) is 0 Å². The zero-order chi connectivity index (χ0) is 22.6. The lowest BCUT2D eigenvalue weighted by Gasteiger charge is -2.14. The number of rotatable bonds is 7. The normalized spacial score (nSPS) is 11.8. The molecule has 0 unspecified atom stereocenters. The summed E-state index contributed by atoms with van der Waals surface area (Å²) in [6.45, 7) is 0. The van der Waals surface area contributed by atoms with E-state index >= 15 is 0 Å². The summed E-state index contributed by atoms with van der Waals surface area (Å²) in [5, 5.41) is 4.74. The zero-order valence-corrected chi connectivity index (χ0v) is 18.6. The summed E-state index contributed by atoms with van der Waals surface area (Å²) >= 11 is 0. The number of sulfonamides is 1. The number of benzene rings is 3. The van der Waals surface area contributed by atoms with E-state index in [1.807, 2.05) is 36.4 Å². The van der Waals surface area contributed by atoms with Gasteiger partial charge in [-0.25, -0.2) is 12.7 Å². The van der Waals surface area contributed by atoms with Crippen LogP contribution in [-0.2, 0) is 14.8 Å². The molecule has 3 rings (SSSR count). The Bertz CT molecular complexity index is 1250. The van der Waals surface area contributed by atoms with Crippen LogP contribution in [0.1, 0.15) is 5.56 Å². The van der Waals surface area contributed by atoms with Crippen LogP contribution < -0.4 is 14.8 Å². The number of hydrogen-bond acceptors (Lipinski definition) is 5. The third-order valence-corrected chi connectivity index (χ3v) is 6.52. The lowest BCUT2D eigenvalue weighted by molar-refractivity contribution is -0.111. The third-order valence-electron chi connectivity index (χ3n) is 4.71. The molecule has 0 saturated heterocycles. The van der Waals surface area contributed by atoms with Gasteiger partial charge in [-0.2, -0.15) is 0 Å². The molecule has 0 atom stereocenters. The molecule has 3 aromatic carbocycles. The number of amides is 1. The topological polar surface area (TPSA) is 84.9 Å². The maximum absolute atomic E-state index is 12.5. The van der Waals surface area contributed by atoms with Crippen LogP contribution in [0.5, 0.6) is 11.5 Å². The fourth-order valence-corrected chi connectivity index (χ4v) is 3.90. The number of hydrogen-bond donors (Lipinski definition) is 1. The molecule has 0 aromatic heterocycles. The van der Waals surface area contributed by atoms with Crippen LogP contribution >= 0.6 is 0 Å². The number of nitrogens with zero attached hydrogens (tertiary/aromatic N) is 1. The first-order chi connectivity index (χ1) is 14.7. The highest BCUT2D eigenvalue weighted by molar-refractivity contribution is 7.89. The highest BCUT2D eigenvalue weighted by atomic mass is 32.2. The van der Waals surface area contributed by atoms with Gasteiger partial charge in [0.1, 0.15) is 11.5 Å². The minimum Gasteiger partial charge on any atom is -0.497 e. The van der Waals surface area contributed by atoms with Crippen molar-refractivity contribution in [1.29, 1.82) is 0 Å². The van der Waals surface area contributed by atoms with E-state index in [0.29, 0.717) is 5.75 Å². The second-order valence-corrected chi connectivity index (χ2v) is 9.10. The molecule has 7 nitrogen and oxygen atoms in total. The fraction of sp³-hybridized carbons (Fsp3) is 0.174.